The molecule has 1 aromatic heterocycles. The molecule has 2 aliphatic heterocycles. The van der Waals surface area contributed by atoms with Crippen LogP contribution in [0.3, 0.4) is 0 Å². The average Bonchev–Trinajstić information content (AvgIpc) is 3.23. The molecule has 1 saturated heterocycles. The minimum atomic E-state index is -0.214. The van der Waals surface area contributed by atoms with E-state index in [4.69, 9.17) is 25.5 Å². The maximum absolute atomic E-state index is 12.6. The van der Waals surface area contributed by atoms with Crippen LogP contribution >= 0.6 is 11.6 Å². The number of amides is 2. The molecule has 7 nitrogen and oxygen atoms in total. The first kappa shape index (κ1) is 17.7. The van der Waals surface area contributed by atoms with E-state index in [1.165, 1.54) is 12.5 Å². The number of nitrogens with one attached hydrogen (secondary N) is 1. The standard InChI is InChI=1S/C19H19ClN2O5/c20-15-9-13(10-16-17(15)27-8-7-26-16)18(23)21-14-1-4-22(5-2-14)19(24)12-3-6-25-11-12/h3,6,9-11,14H,1-2,4-5,7-8H2,(H,21,23). The van der Waals surface area contributed by atoms with E-state index >= 15 is 0 Å². The first-order valence-electron chi connectivity index (χ1n) is 8.83. The second-order valence-corrected chi connectivity index (χ2v) is 6.94. The summed E-state index contributed by atoms with van der Waals surface area (Å²) < 4.78 is 16.0. The summed E-state index contributed by atoms with van der Waals surface area (Å²) >= 11 is 6.20. The zero-order valence-electron chi connectivity index (χ0n) is 14.6. The number of nitrogens with zero attached hydrogens (tertiary/aromatic N) is 1. The molecule has 2 amide bonds. The predicted molar refractivity (Wildman–Crippen MR) is 97.5 cm³/mol. The molecule has 0 bridgehead atoms. The molecule has 2 aromatic rings. The summed E-state index contributed by atoms with van der Waals surface area (Å²) in [4.78, 5) is 26.7. The normalized spacial score (nSPS) is 16.9. The quantitative estimate of drug-likeness (QED) is 0.871. The molecule has 0 aliphatic carbocycles. The van der Waals surface area contributed by atoms with Gasteiger partial charge in [-0.25, -0.2) is 0 Å². The van der Waals surface area contributed by atoms with Crippen LogP contribution in [0.1, 0.15) is 33.6 Å². The number of ether oxygens (including phenoxy) is 2. The Morgan fingerprint density at radius 2 is 1.89 bits per heavy atom. The van der Waals surface area contributed by atoms with Gasteiger partial charge in [0.25, 0.3) is 11.8 Å². The summed E-state index contributed by atoms with van der Waals surface area (Å²) in [5.41, 5.74) is 0.976. The first-order chi connectivity index (χ1) is 13.1. The number of fused-ring (bicyclic) bond motifs is 1. The van der Waals surface area contributed by atoms with E-state index in [1.54, 1.807) is 23.1 Å². The number of hydrogen-bond acceptors (Lipinski definition) is 5. The second kappa shape index (κ2) is 7.52. The van der Waals surface area contributed by atoms with E-state index < -0.39 is 0 Å². The summed E-state index contributed by atoms with van der Waals surface area (Å²) in [6.07, 6.45) is 4.31. The van der Waals surface area contributed by atoms with Gasteiger partial charge in [-0.1, -0.05) is 11.6 Å². The third-order valence-electron chi connectivity index (χ3n) is 4.74. The van der Waals surface area contributed by atoms with Crippen molar-refractivity contribution >= 4 is 23.4 Å². The molecular formula is C19H19ClN2O5. The Kier molecular flexibility index (Phi) is 4.94. The SMILES string of the molecule is O=C(NC1CCN(C(=O)c2ccoc2)CC1)c1cc(Cl)c2c(c1)OCCO2. The van der Waals surface area contributed by atoms with Crippen LogP contribution in [-0.4, -0.2) is 49.1 Å². The van der Waals surface area contributed by atoms with E-state index in [0.29, 0.717) is 66.8 Å². The number of hydrogen-bond donors (Lipinski definition) is 1. The van der Waals surface area contributed by atoms with Crippen LogP contribution < -0.4 is 14.8 Å². The van der Waals surface area contributed by atoms with Gasteiger partial charge in [0.05, 0.1) is 16.8 Å². The Labute approximate surface area is 161 Å². The Bertz CT molecular complexity index is 844. The maximum Gasteiger partial charge on any atom is 0.257 e. The van der Waals surface area contributed by atoms with Crippen molar-refractivity contribution in [2.45, 2.75) is 18.9 Å². The highest BCUT2D eigenvalue weighted by Crippen LogP contribution is 2.38. The van der Waals surface area contributed by atoms with Crippen molar-refractivity contribution in [3.63, 3.8) is 0 Å². The second-order valence-electron chi connectivity index (χ2n) is 6.53. The van der Waals surface area contributed by atoms with Crippen LogP contribution in [0.4, 0.5) is 0 Å². The number of likely N-dealkylation sites (tertiary alicyclic amines) is 1. The molecule has 2 aliphatic rings. The van der Waals surface area contributed by atoms with E-state index in [1.807, 2.05) is 0 Å². The summed E-state index contributed by atoms with van der Waals surface area (Å²) in [5.74, 6) is 0.700. The van der Waals surface area contributed by atoms with E-state index in [9.17, 15) is 9.59 Å². The molecule has 142 valence electrons. The van der Waals surface area contributed by atoms with Gasteiger partial charge < -0.3 is 24.1 Å². The summed E-state index contributed by atoms with van der Waals surface area (Å²) in [6.45, 7) is 2.03. The summed E-state index contributed by atoms with van der Waals surface area (Å²) in [5, 5.41) is 3.37. The van der Waals surface area contributed by atoms with Crippen molar-refractivity contribution in [3.8, 4) is 11.5 Å². The van der Waals surface area contributed by atoms with Crippen molar-refractivity contribution in [2.24, 2.45) is 0 Å². The average molecular weight is 391 g/mol. The minimum absolute atomic E-state index is 0.00197. The highest BCUT2D eigenvalue weighted by molar-refractivity contribution is 6.32. The van der Waals surface area contributed by atoms with Gasteiger partial charge in [-0.3, -0.25) is 9.59 Å². The zero-order valence-corrected chi connectivity index (χ0v) is 15.3. The third kappa shape index (κ3) is 3.73. The Morgan fingerprint density at radius 3 is 2.63 bits per heavy atom. The van der Waals surface area contributed by atoms with Gasteiger partial charge in [0.15, 0.2) is 11.5 Å². The monoisotopic (exact) mass is 390 g/mol. The van der Waals surface area contributed by atoms with Crippen molar-refractivity contribution in [2.75, 3.05) is 26.3 Å². The zero-order chi connectivity index (χ0) is 18.8. The summed E-state index contributed by atoms with van der Waals surface area (Å²) in [6, 6.07) is 4.88. The topological polar surface area (TPSA) is 81.0 Å². The Morgan fingerprint density at radius 1 is 1.11 bits per heavy atom. The van der Waals surface area contributed by atoms with Crippen LogP contribution in [0.2, 0.25) is 5.02 Å². The van der Waals surface area contributed by atoms with Crippen molar-refractivity contribution in [3.05, 3.63) is 46.9 Å². The molecule has 0 spiro atoms. The van der Waals surface area contributed by atoms with E-state index in [2.05, 4.69) is 5.32 Å². The van der Waals surface area contributed by atoms with Crippen molar-refractivity contribution in [1.82, 2.24) is 10.2 Å². The van der Waals surface area contributed by atoms with Gasteiger partial charge in [0.2, 0.25) is 0 Å². The Balaban J connectivity index is 1.36. The number of furan rings is 1. The van der Waals surface area contributed by atoms with Gasteiger partial charge in [0.1, 0.15) is 19.5 Å². The molecule has 0 atom stereocenters. The lowest BCUT2D eigenvalue weighted by molar-refractivity contribution is 0.0697. The van der Waals surface area contributed by atoms with Gasteiger partial charge in [0, 0.05) is 24.7 Å². The lowest BCUT2D eigenvalue weighted by Crippen LogP contribution is -2.46. The lowest BCUT2D eigenvalue weighted by Gasteiger charge is -2.32. The molecule has 4 rings (SSSR count). The van der Waals surface area contributed by atoms with Crippen LogP contribution in [0.15, 0.2) is 35.1 Å². The molecule has 27 heavy (non-hydrogen) atoms. The molecule has 1 fully saturated rings. The fourth-order valence-corrected chi connectivity index (χ4v) is 3.57. The third-order valence-corrected chi connectivity index (χ3v) is 5.03. The predicted octanol–water partition coefficient (Wildman–Crippen LogP) is 2.74. The van der Waals surface area contributed by atoms with Crippen LogP contribution in [0.5, 0.6) is 11.5 Å². The highest BCUT2D eigenvalue weighted by atomic mass is 35.5. The number of piperidine rings is 1. The molecule has 1 aromatic carbocycles. The van der Waals surface area contributed by atoms with Crippen LogP contribution in [0, 0.1) is 0 Å². The van der Waals surface area contributed by atoms with Crippen LogP contribution in [0.25, 0.3) is 0 Å². The lowest BCUT2D eigenvalue weighted by atomic mass is 10.0. The number of halogens is 1. The molecule has 1 N–H and O–H groups in total. The fourth-order valence-electron chi connectivity index (χ4n) is 3.31. The molecule has 0 saturated carbocycles. The number of benzene rings is 1. The highest BCUT2D eigenvalue weighted by Gasteiger charge is 2.26. The summed E-state index contributed by atoms with van der Waals surface area (Å²) in [7, 11) is 0. The molecule has 0 unspecified atom stereocenters. The largest absolute Gasteiger partial charge is 0.486 e. The van der Waals surface area contributed by atoms with Crippen molar-refractivity contribution in [1.29, 1.82) is 0 Å². The smallest absolute Gasteiger partial charge is 0.257 e. The number of rotatable bonds is 3. The van der Waals surface area contributed by atoms with Gasteiger partial charge in [-0.2, -0.15) is 0 Å². The number of carbonyl (C=O) groups excluding carboxylic acids is 2. The maximum atomic E-state index is 12.6. The minimum Gasteiger partial charge on any atom is -0.486 e. The van der Waals surface area contributed by atoms with Gasteiger partial charge in [-0.15, -0.1) is 0 Å². The van der Waals surface area contributed by atoms with Gasteiger partial charge >= 0.3 is 0 Å². The molecular weight excluding hydrogens is 372 g/mol. The Hall–Kier alpha value is -2.67. The fraction of sp³-hybridized carbons (Fsp3) is 0.368. The van der Waals surface area contributed by atoms with Gasteiger partial charge in [-0.05, 0) is 31.0 Å². The van der Waals surface area contributed by atoms with E-state index in [0.717, 1.165) is 0 Å². The van der Waals surface area contributed by atoms with E-state index in [-0.39, 0.29) is 17.9 Å². The molecule has 0 radical (unpaired) electrons. The molecule has 8 heteroatoms. The van der Waals surface area contributed by atoms with Crippen LogP contribution in [-0.2, 0) is 0 Å². The number of carbonyl (C=O) groups is 2. The molecule has 3 heterocycles. The van der Waals surface area contributed by atoms with Crippen molar-refractivity contribution < 1.29 is 23.5 Å². The first-order valence-corrected chi connectivity index (χ1v) is 9.21.